The Balaban J connectivity index is 2.01. The van der Waals surface area contributed by atoms with Crippen LogP contribution in [0.2, 0.25) is 0 Å². The third kappa shape index (κ3) is 2.54. The summed E-state index contributed by atoms with van der Waals surface area (Å²) in [4.78, 5) is 18.7. The van der Waals surface area contributed by atoms with Crippen molar-refractivity contribution in [3.05, 3.63) is 41.1 Å². The fraction of sp³-hybridized carbons (Fsp3) is 0.444. The first-order chi connectivity index (χ1) is 10.6. The van der Waals surface area contributed by atoms with E-state index < -0.39 is 0 Å². The molecule has 1 aromatic heterocycles. The number of hydrogen-bond acceptors (Lipinski definition) is 3. The Labute approximate surface area is 131 Å². The molecule has 3 rings (SSSR count). The average Bonchev–Trinajstić information content (AvgIpc) is 2.68. The highest BCUT2D eigenvalue weighted by atomic mass is 16.6. The van der Waals surface area contributed by atoms with Gasteiger partial charge in [-0.3, -0.25) is 4.98 Å². The molecule has 0 spiro atoms. The maximum absolute atomic E-state index is 12.0. The molecule has 1 aromatic carbocycles. The second-order valence-electron chi connectivity index (χ2n) is 5.91. The molecule has 0 fully saturated rings. The number of benzene rings is 1. The summed E-state index contributed by atoms with van der Waals surface area (Å²) in [6, 6.07) is 8.25. The van der Waals surface area contributed by atoms with E-state index in [1.165, 1.54) is 16.5 Å². The number of carbonyl (C=O) groups is 1. The maximum atomic E-state index is 12.0. The van der Waals surface area contributed by atoms with Gasteiger partial charge in [-0.05, 0) is 37.5 Å². The van der Waals surface area contributed by atoms with Gasteiger partial charge < -0.3 is 9.64 Å². The first-order valence-corrected chi connectivity index (χ1v) is 7.91. The summed E-state index contributed by atoms with van der Waals surface area (Å²) in [7, 11) is 0. The molecule has 0 N–H and O–H groups in total. The summed E-state index contributed by atoms with van der Waals surface area (Å²) in [5.41, 5.74) is 4.74. The van der Waals surface area contributed by atoms with Gasteiger partial charge in [0.05, 0.1) is 12.1 Å². The predicted molar refractivity (Wildman–Crippen MR) is 87.2 cm³/mol. The number of carbonyl (C=O) groups excluding carboxylic acids is 1. The van der Waals surface area contributed by atoms with Crippen LogP contribution in [0, 0.1) is 6.92 Å². The van der Waals surface area contributed by atoms with Gasteiger partial charge in [-0.2, -0.15) is 0 Å². The van der Waals surface area contributed by atoms with Gasteiger partial charge in [0, 0.05) is 30.1 Å². The average molecular weight is 298 g/mol. The number of ether oxygens (including phenoxy) is 1. The van der Waals surface area contributed by atoms with Crippen LogP contribution in [0.3, 0.4) is 0 Å². The minimum Gasteiger partial charge on any atom is -0.450 e. The summed E-state index contributed by atoms with van der Waals surface area (Å²) in [6.45, 7) is 7.91. The van der Waals surface area contributed by atoms with Gasteiger partial charge in [0.1, 0.15) is 0 Å². The van der Waals surface area contributed by atoms with Crippen molar-refractivity contribution >= 4 is 17.0 Å². The van der Waals surface area contributed by atoms with E-state index in [2.05, 4.69) is 32.0 Å². The van der Waals surface area contributed by atoms with Gasteiger partial charge in [0.2, 0.25) is 0 Å². The van der Waals surface area contributed by atoms with Crippen LogP contribution in [0.4, 0.5) is 4.79 Å². The minimum absolute atomic E-state index is 0.213. The Bertz CT molecular complexity index is 712. The summed E-state index contributed by atoms with van der Waals surface area (Å²) >= 11 is 0. The molecule has 0 bridgehead atoms. The van der Waals surface area contributed by atoms with Crippen molar-refractivity contribution in [2.45, 2.75) is 33.1 Å². The van der Waals surface area contributed by atoms with E-state index >= 15 is 0 Å². The lowest BCUT2D eigenvalue weighted by Gasteiger charge is -2.21. The smallest absolute Gasteiger partial charge is 0.409 e. The number of nitrogens with zero attached hydrogens (tertiary/aromatic N) is 2. The van der Waals surface area contributed by atoms with Crippen molar-refractivity contribution in [2.24, 2.45) is 0 Å². The molecule has 116 valence electrons. The number of amides is 1. The molecule has 2 heterocycles. The van der Waals surface area contributed by atoms with E-state index in [0.717, 1.165) is 17.6 Å². The molecule has 1 amide bonds. The zero-order valence-corrected chi connectivity index (χ0v) is 13.4. The van der Waals surface area contributed by atoms with Crippen LogP contribution in [0.1, 0.15) is 36.6 Å². The third-order valence-electron chi connectivity index (χ3n) is 4.43. The van der Waals surface area contributed by atoms with Gasteiger partial charge in [-0.25, -0.2) is 4.79 Å². The van der Waals surface area contributed by atoms with E-state index in [0.29, 0.717) is 19.7 Å². The first kappa shape index (κ1) is 14.8. The lowest BCUT2D eigenvalue weighted by Crippen LogP contribution is -2.34. The molecule has 4 heteroatoms. The zero-order chi connectivity index (χ0) is 15.7. The first-order valence-electron chi connectivity index (χ1n) is 7.91. The van der Waals surface area contributed by atoms with E-state index in [9.17, 15) is 4.79 Å². The third-order valence-corrected chi connectivity index (χ3v) is 4.43. The quantitative estimate of drug-likeness (QED) is 0.807. The second kappa shape index (κ2) is 5.95. The summed E-state index contributed by atoms with van der Waals surface area (Å²) < 4.78 is 5.16. The van der Waals surface area contributed by atoms with Crippen LogP contribution in [0.25, 0.3) is 10.9 Å². The zero-order valence-electron chi connectivity index (χ0n) is 13.4. The molecule has 1 aliphatic heterocycles. The monoisotopic (exact) mass is 298 g/mol. The molecule has 0 saturated heterocycles. The van der Waals surface area contributed by atoms with Gasteiger partial charge >= 0.3 is 6.09 Å². The Hall–Kier alpha value is -2.10. The van der Waals surface area contributed by atoms with Crippen molar-refractivity contribution in [1.82, 2.24) is 9.88 Å². The van der Waals surface area contributed by atoms with Crippen LogP contribution in [-0.2, 0) is 11.2 Å². The molecular formula is C18H22N2O2. The Morgan fingerprint density at radius 1 is 1.41 bits per heavy atom. The fourth-order valence-corrected chi connectivity index (χ4v) is 3.30. The van der Waals surface area contributed by atoms with Gasteiger partial charge in [-0.1, -0.05) is 25.1 Å². The molecule has 4 nitrogen and oxygen atoms in total. The predicted octanol–water partition coefficient (Wildman–Crippen LogP) is 3.66. The van der Waals surface area contributed by atoms with Crippen molar-refractivity contribution in [3.63, 3.8) is 0 Å². The highest BCUT2D eigenvalue weighted by Crippen LogP contribution is 2.30. The van der Waals surface area contributed by atoms with Gasteiger partial charge in [0.15, 0.2) is 0 Å². The van der Waals surface area contributed by atoms with Crippen LogP contribution in [-0.4, -0.2) is 35.7 Å². The molecule has 2 aromatic rings. The number of pyridine rings is 1. The SMILES string of the molecule is CCOC(=O)N1CCc2c(nc3ccccc3c2C)C(C)C1. The molecule has 0 aliphatic carbocycles. The highest BCUT2D eigenvalue weighted by molar-refractivity contribution is 5.83. The van der Waals surface area contributed by atoms with Crippen LogP contribution in [0.15, 0.2) is 24.3 Å². The molecule has 22 heavy (non-hydrogen) atoms. The normalized spacial score (nSPS) is 18.0. The van der Waals surface area contributed by atoms with Crippen LogP contribution < -0.4 is 0 Å². The molecule has 0 radical (unpaired) electrons. The van der Waals surface area contributed by atoms with E-state index in [1.807, 2.05) is 13.0 Å². The molecular weight excluding hydrogens is 276 g/mol. The summed E-state index contributed by atoms with van der Waals surface area (Å²) in [6.07, 6.45) is 0.617. The van der Waals surface area contributed by atoms with Crippen molar-refractivity contribution in [2.75, 3.05) is 19.7 Å². The van der Waals surface area contributed by atoms with Crippen molar-refractivity contribution in [3.8, 4) is 0 Å². The number of hydrogen-bond donors (Lipinski definition) is 0. The number of aryl methyl sites for hydroxylation is 1. The minimum atomic E-state index is -0.218. The summed E-state index contributed by atoms with van der Waals surface area (Å²) in [5, 5.41) is 1.21. The number of rotatable bonds is 1. The fourth-order valence-electron chi connectivity index (χ4n) is 3.30. The topological polar surface area (TPSA) is 42.4 Å². The second-order valence-corrected chi connectivity index (χ2v) is 5.91. The molecule has 1 atom stereocenters. The molecule has 0 saturated carbocycles. The van der Waals surface area contributed by atoms with E-state index in [4.69, 9.17) is 9.72 Å². The Morgan fingerprint density at radius 2 is 2.18 bits per heavy atom. The maximum Gasteiger partial charge on any atom is 0.409 e. The Kier molecular flexibility index (Phi) is 4.01. The molecule has 1 aliphatic rings. The number of para-hydroxylation sites is 1. The molecule has 1 unspecified atom stereocenters. The summed E-state index contributed by atoms with van der Waals surface area (Å²) in [5.74, 6) is 0.213. The van der Waals surface area contributed by atoms with Crippen LogP contribution >= 0.6 is 0 Å². The number of aromatic nitrogens is 1. The largest absolute Gasteiger partial charge is 0.450 e. The number of fused-ring (bicyclic) bond motifs is 2. The van der Waals surface area contributed by atoms with E-state index in [-0.39, 0.29) is 12.0 Å². The Morgan fingerprint density at radius 3 is 2.95 bits per heavy atom. The van der Waals surface area contributed by atoms with Gasteiger partial charge in [0.25, 0.3) is 0 Å². The lowest BCUT2D eigenvalue weighted by atomic mass is 9.94. The van der Waals surface area contributed by atoms with Gasteiger partial charge in [-0.15, -0.1) is 0 Å². The standard InChI is InChI=1S/C18H22N2O2/c1-4-22-18(21)20-10-9-15-13(3)14-7-5-6-8-16(14)19-17(15)12(2)11-20/h5-8,12H,4,9-11H2,1-3H3. The van der Waals surface area contributed by atoms with Crippen molar-refractivity contribution in [1.29, 1.82) is 0 Å². The lowest BCUT2D eigenvalue weighted by molar-refractivity contribution is 0.107. The van der Waals surface area contributed by atoms with E-state index in [1.54, 1.807) is 4.90 Å². The van der Waals surface area contributed by atoms with Crippen molar-refractivity contribution < 1.29 is 9.53 Å². The van der Waals surface area contributed by atoms with Crippen LogP contribution in [0.5, 0.6) is 0 Å². The highest BCUT2D eigenvalue weighted by Gasteiger charge is 2.26.